The lowest BCUT2D eigenvalue weighted by atomic mass is 10.0. The van der Waals surface area contributed by atoms with Crippen LogP contribution in [0, 0.1) is 11.6 Å². The number of aldehydes is 1. The van der Waals surface area contributed by atoms with Crippen molar-refractivity contribution in [2.45, 2.75) is 13.3 Å². The van der Waals surface area contributed by atoms with Crippen molar-refractivity contribution in [3.63, 3.8) is 0 Å². The number of nitrogens with two attached hydrogens (primary N) is 1. The lowest BCUT2D eigenvalue weighted by molar-refractivity contribution is 0.111. The third kappa shape index (κ3) is 6.50. The van der Waals surface area contributed by atoms with Crippen molar-refractivity contribution in [3.05, 3.63) is 59.1 Å². The average Bonchev–Trinajstić information content (AvgIpc) is 2.71. The van der Waals surface area contributed by atoms with Gasteiger partial charge in [-0.15, -0.1) is 0 Å². The molecule has 4 N–H and O–H groups in total. The first-order chi connectivity index (χ1) is 13.1. The summed E-state index contributed by atoms with van der Waals surface area (Å²) in [5.74, 6) is -0.842. The molecule has 8 heteroatoms. The Bertz CT molecular complexity index is 743. The largest absolute Gasteiger partial charge is 0.372 e. The molecule has 3 rings (SSSR count). The molecule has 146 valence electrons. The monoisotopic (exact) mass is 377 g/mol. The molecule has 6 nitrogen and oxygen atoms in total. The minimum atomic E-state index is -0.824. The van der Waals surface area contributed by atoms with Crippen molar-refractivity contribution < 1.29 is 13.6 Å². The third-order valence-corrected chi connectivity index (χ3v) is 3.83. The Morgan fingerprint density at radius 1 is 1.19 bits per heavy atom. The van der Waals surface area contributed by atoms with E-state index in [1.807, 2.05) is 13.2 Å². The van der Waals surface area contributed by atoms with E-state index in [1.165, 1.54) is 24.3 Å². The SMILES string of the molecule is CN.CNc1cnc(C2=C(C)CCNC2)cn1.O=Cc1c(F)cccc1F. The molecule has 0 atom stereocenters. The lowest BCUT2D eigenvalue weighted by Gasteiger charge is -2.18. The van der Waals surface area contributed by atoms with E-state index in [1.54, 1.807) is 6.20 Å². The summed E-state index contributed by atoms with van der Waals surface area (Å²) in [6, 6.07) is 3.28. The Morgan fingerprint density at radius 2 is 1.85 bits per heavy atom. The van der Waals surface area contributed by atoms with Gasteiger partial charge in [-0.2, -0.15) is 0 Å². The van der Waals surface area contributed by atoms with E-state index in [4.69, 9.17) is 0 Å². The van der Waals surface area contributed by atoms with Gasteiger partial charge in [-0.1, -0.05) is 11.6 Å². The number of aromatic nitrogens is 2. The Labute approximate surface area is 157 Å². The van der Waals surface area contributed by atoms with Gasteiger partial charge < -0.3 is 16.4 Å². The molecule has 1 aromatic heterocycles. The van der Waals surface area contributed by atoms with Gasteiger partial charge in [0, 0.05) is 13.6 Å². The van der Waals surface area contributed by atoms with Gasteiger partial charge in [0.05, 0.1) is 23.7 Å². The van der Waals surface area contributed by atoms with Gasteiger partial charge in [0.15, 0.2) is 6.29 Å². The van der Waals surface area contributed by atoms with Crippen LogP contribution in [0.5, 0.6) is 0 Å². The molecule has 27 heavy (non-hydrogen) atoms. The molecule has 0 fully saturated rings. The number of nitrogens with one attached hydrogen (secondary N) is 2. The third-order valence-electron chi connectivity index (χ3n) is 3.83. The summed E-state index contributed by atoms with van der Waals surface area (Å²) in [5, 5.41) is 6.31. The van der Waals surface area contributed by atoms with E-state index in [-0.39, 0.29) is 6.29 Å². The van der Waals surface area contributed by atoms with Crippen LogP contribution in [-0.2, 0) is 0 Å². The number of hydrogen-bond acceptors (Lipinski definition) is 6. The highest BCUT2D eigenvalue weighted by molar-refractivity contribution is 5.75. The fourth-order valence-corrected chi connectivity index (χ4v) is 2.34. The van der Waals surface area contributed by atoms with Crippen LogP contribution in [0.3, 0.4) is 0 Å². The van der Waals surface area contributed by atoms with Crippen LogP contribution in [0.1, 0.15) is 29.4 Å². The molecule has 1 aliphatic heterocycles. The number of halogens is 2. The Hall–Kier alpha value is -2.71. The lowest BCUT2D eigenvalue weighted by Crippen LogP contribution is -2.24. The van der Waals surface area contributed by atoms with Crippen LogP contribution in [0.25, 0.3) is 5.57 Å². The second-order valence-corrected chi connectivity index (χ2v) is 5.48. The van der Waals surface area contributed by atoms with Crippen LogP contribution in [0.4, 0.5) is 14.6 Å². The minimum absolute atomic E-state index is 0.157. The first-order valence-corrected chi connectivity index (χ1v) is 8.43. The highest BCUT2D eigenvalue weighted by Gasteiger charge is 2.11. The van der Waals surface area contributed by atoms with E-state index in [2.05, 4.69) is 33.3 Å². The molecule has 0 spiro atoms. The molecule has 2 heterocycles. The Balaban J connectivity index is 0.000000265. The van der Waals surface area contributed by atoms with Crippen molar-refractivity contribution >= 4 is 17.7 Å². The highest BCUT2D eigenvalue weighted by Crippen LogP contribution is 2.20. The standard InChI is InChI=1S/C11H16N4.C7H4F2O.CH5N/c1-8-3-4-13-5-9(8)10-6-15-11(12-2)7-14-10;8-6-2-1-3-7(9)5(6)4-10;1-2/h6-7,13H,3-5H2,1-2H3,(H,12,15);1-4H;2H2,1H3. The highest BCUT2D eigenvalue weighted by atomic mass is 19.1. The second kappa shape index (κ2) is 11.8. The minimum Gasteiger partial charge on any atom is -0.372 e. The first kappa shape index (κ1) is 22.3. The molecular formula is C19H25F2N5O. The fourth-order valence-electron chi connectivity index (χ4n) is 2.34. The normalized spacial score (nSPS) is 13.0. The van der Waals surface area contributed by atoms with Crippen molar-refractivity contribution in [3.8, 4) is 0 Å². The van der Waals surface area contributed by atoms with Crippen molar-refractivity contribution in [2.75, 3.05) is 32.5 Å². The maximum Gasteiger partial charge on any atom is 0.155 e. The number of hydrogen-bond donors (Lipinski definition) is 3. The van der Waals surface area contributed by atoms with Crippen LogP contribution in [-0.4, -0.2) is 43.4 Å². The number of anilines is 1. The van der Waals surface area contributed by atoms with Gasteiger partial charge in [-0.3, -0.25) is 9.78 Å². The Kier molecular flexibility index (Phi) is 9.78. The summed E-state index contributed by atoms with van der Waals surface area (Å²) in [6.45, 7) is 4.14. The van der Waals surface area contributed by atoms with Gasteiger partial charge in [-0.25, -0.2) is 13.8 Å². The van der Waals surface area contributed by atoms with E-state index >= 15 is 0 Å². The molecule has 1 aromatic carbocycles. The van der Waals surface area contributed by atoms with Crippen LogP contribution in [0.2, 0.25) is 0 Å². The Morgan fingerprint density at radius 3 is 2.30 bits per heavy atom. The quantitative estimate of drug-likeness (QED) is 0.712. The molecule has 1 aliphatic rings. The van der Waals surface area contributed by atoms with E-state index in [0.717, 1.165) is 43.2 Å². The zero-order valence-corrected chi connectivity index (χ0v) is 15.7. The van der Waals surface area contributed by atoms with Gasteiger partial charge in [0.25, 0.3) is 0 Å². The molecule has 0 aliphatic carbocycles. The number of benzene rings is 1. The van der Waals surface area contributed by atoms with Crippen molar-refractivity contribution in [1.82, 2.24) is 15.3 Å². The molecule has 0 unspecified atom stereocenters. The van der Waals surface area contributed by atoms with Gasteiger partial charge >= 0.3 is 0 Å². The summed E-state index contributed by atoms with van der Waals surface area (Å²) >= 11 is 0. The molecule has 0 saturated heterocycles. The first-order valence-electron chi connectivity index (χ1n) is 8.43. The summed E-state index contributed by atoms with van der Waals surface area (Å²) < 4.78 is 24.8. The maximum atomic E-state index is 12.4. The van der Waals surface area contributed by atoms with Crippen molar-refractivity contribution in [2.24, 2.45) is 5.73 Å². The molecule has 2 aromatic rings. The molecule has 0 saturated carbocycles. The van der Waals surface area contributed by atoms with E-state index < -0.39 is 17.2 Å². The number of carbonyl (C=O) groups excluding carboxylic acids is 1. The van der Waals surface area contributed by atoms with Gasteiger partial charge in [0.2, 0.25) is 0 Å². The molecular weight excluding hydrogens is 352 g/mol. The topological polar surface area (TPSA) is 92.9 Å². The summed E-state index contributed by atoms with van der Waals surface area (Å²) in [7, 11) is 3.34. The fraction of sp³-hybridized carbons (Fsp3) is 0.316. The van der Waals surface area contributed by atoms with Gasteiger partial charge in [-0.05, 0) is 44.6 Å². The zero-order valence-electron chi connectivity index (χ0n) is 15.7. The average molecular weight is 377 g/mol. The van der Waals surface area contributed by atoms with Crippen LogP contribution >= 0.6 is 0 Å². The predicted molar refractivity (Wildman–Crippen MR) is 104 cm³/mol. The van der Waals surface area contributed by atoms with Crippen LogP contribution < -0.4 is 16.4 Å². The summed E-state index contributed by atoms with van der Waals surface area (Å²) in [4.78, 5) is 18.6. The van der Waals surface area contributed by atoms with Crippen LogP contribution in [0.15, 0.2) is 36.2 Å². The summed E-state index contributed by atoms with van der Waals surface area (Å²) in [5.41, 5.74) is 7.68. The number of nitrogens with zero attached hydrogens (tertiary/aromatic N) is 2. The van der Waals surface area contributed by atoms with E-state index in [0.29, 0.717) is 0 Å². The maximum absolute atomic E-state index is 12.4. The number of carbonyl (C=O) groups is 1. The molecule has 0 bridgehead atoms. The van der Waals surface area contributed by atoms with Gasteiger partial charge in [0.1, 0.15) is 17.5 Å². The number of rotatable bonds is 3. The summed E-state index contributed by atoms with van der Waals surface area (Å²) in [6.07, 6.45) is 4.86. The van der Waals surface area contributed by atoms with E-state index in [9.17, 15) is 13.6 Å². The second-order valence-electron chi connectivity index (χ2n) is 5.48. The molecule has 0 radical (unpaired) electrons. The molecule has 0 amide bonds. The van der Waals surface area contributed by atoms with Crippen molar-refractivity contribution in [1.29, 1.82) is 0 Å². The smallest absolute Gasteiger partial charge is 0.155 e. The predicted octanol–water partition coefficient (Wildman–Crippen LogP) is 2.64. The zero-order chi connectivity index (χ0) is 20.2.